The minimum absolute atomic E-state index is 0.227. The maximum Gasteiger partial charge on any atom is 0.0701 e. The highest BCUT2D eigenvalue weighted by atomic mass is 14.7. The third kappa shape index (κ3) is 5.05. The highest BCUT2D eigenvalue weighted by Crippen LogP contribution is 2.52. The van der Waals surface area contributed by atoms with E-state index in [2.05, 4.69) is 156 Å². The fourth-order valence-electron chi connectivity index (χ4n) is 7.89. The van der Waals surface area contributed by atoms with Crippen molar-refractivity contribution in [3.05, 3.63) is 187 Å². The highest BCUT2D eigenvalue weighted by Gasteiger charge is 2.31. The summed E-state index contributed by atoms with van der Waals surface area (Å²) in [5, 5.41) is 5.14. The standard InChI is InChI=1S/C47H34N2/c1-31-37(39-16-10-12-32-11-2-3-13-38(32)39)27-28-42-45(31)47(36-25-21-34(22-26-36)44-18-7-9-30-49-44)41-15-5-4-14-40(41)46(42)35-23-19-33(20-24-35)43-17-6-8-29-48-43/h2-31,37H,1H3. The molecule has 2 aromatic heterocycles. The Kier molecular flexibility index (Phi) is 7.21. The average molecular weight is 627 g/mol. The van der Waals surface area contributed by atoms with Crippen LogP contribution in [0.25, 0.3) is 72.4 Å². The molecule has 0 N–H and O–H groups in total. The number of allylic oxidation sites excluding steroid dienone is 1. The van der Waals surface area contributed by atoms with Gasteiger partial charge in [-0.05, 0) is 90.7 Å². The Morgan fingerprint density at radius 2 is 0.959 bits per heavy atom. The topological polar surface area (TPSA) is 25.8 Å². The molecule has 0 amide bonds. The summed E-state index contributed by atoms with van der Waals surface area (Å²) in [6.07, 6.45) is 8.56. The summed E-state index contributed by atoms with van der Waals surface area (Å²) in [6.45, 7) is 2.42. The van der Waals surface area contributed by atoms with E-state index in [1.165, 1.54) is 60.5 Å². The molecular weight excluding hydrogens is 593 g/mol. The molecule has 2 heterocycles. The summed E-state index contributed by atoms with van der Waals surface area (Å²) in [4.78, 5) is 9.21. The van der Waals surface area contributed by atoms with E-state index in [0.717, 1.165) is 22.5 Å². The van der Waals surface area contributed by atoms with Gasteiger partial charge in [-0.3, -0.25) is 9.97 Å². The molecular formula is C47H34N2. The van der Waals surface area contributed by atoms with E-state index in [9.17, 15) is 0 Å². The Morgan fingerprint density at radius 3 is 1.57 bits per heavy atom. The second-order valence-corrected chi connectivity index (χ2v) is 12.9. The Hall–Kier alpha value is -6.12. The number of rotatable bonds is 5. The maximum atomic E-state index is 4.61. The summed E-state index contributed by atoms with van der Waals surface area (Å²) in [7, 11) is 0. The molecule has 0 spiro atoms. The number of pyridine rings is 2. The molecule has 8 aromatic rings. The molecule has 232 valence electrons. The quantitative estimate of drug-likeness (QED) is 0.190. The molecule has 0 fully saturated rings. The molecule has 0 aliphatic heterocycles. The van der Waals surface area contributed by atoms with Gasteiger partial charge in [-0.2, -0.15) is 0 Å². The first-order chi connectivity index (χ1) is 24.2. The molecule has 9 rings (SSSR count). The van der Waals surface area contributed by atoms with Crippen LogP contribution < -0.4 is 0 Å². The van der Waals surface area contributed by atoms with Gasteiger partial charge >= 0.3 is 0 Å². The van der Waals surface area contributed by atoms with Crippen LogP contribution in [-0.4, -0.2) is 9.97 Å². The Morgan fingerprint density at radius 1 is 0.449 bits per heavy atom. The van der Waals surface area contributed by atoms with Crippen molar-refractivity contribution in [2.45, 2.75) is 18.8 Å². The monoisotopic (exact) mass is 626 g/mol. The molecule has 0 bridgehead atoms. The maximum absolute atomic E-state index is 4.61. The second kappa shape index (κ2) is 12.2. The molecule has 2 heteroatoms. The van der Waals surface area contributed by atoms with Crippen LogP contribution >= 0.6 is 0 Å². The lowest BCUT2D eigenvalue weighted by Crippen LogP contribution is -2.14. The van der Waals surface area contributed by atoms with Crippen molar-refractivity contribution in [3.63, 3.8) is 0 Å². The number of nitrogens with zero attached hydrogens (tertiary/aromatic N) is 2. The second-order valence-electron chi connectivity index (χ2n) is 12.9. The summed E-state index contributed by atoms with van der Waals surface area (Å²) in [6, 6.07) is 54.6. The molecule has 1 aliphatic carbocycles. The van der Waals surface area contributed by atoms with Crippen molar-refractivity contribution >= 4 is 27.6 Å². The number of hydrogen-bond acceptors (Lipinski definition) is 2. The number of aromatic nitrogens is 2. The van der Waals surface area contributed by atoms with Crippen molar-refractivity contribution in [3.8, 4) is 44.8 Å². The van der Waals surface area contributed by atoms with Crippen LogP contribution in [0.15, 0.2) is 170 Å². The van der Waals surface area contributed by atoms with Gasteiger partial charge in [0.25, 0.3) is 0 Å². The minimum Gasteiger partial charge on any atom is -0.256 e. The largest absolute Gasteiger partial charge is 0.256 e. The molecule has 2 nitrogen and oxygen atoms in total. The Balaban J connectivity index is 1.28. The van der Waals surface area contributed by atoms with Gasteiger partial charge in [0.1, 0.15) is 0 Å². The van der Waals surface area contributed by atoms with Crippen LogP contribution in [0, 0.1) is 0 Å². The molecule has 1 aliphatic rings. The number of hydrogen-bond donors (Lipinski definition) is 0. The summed E-state index contributed by atoms with van der Waals surface area (Å²) in [5.74, 6) is 0.457. The van der Waals surface area contributed by atoms with Crippen molar-refractivity contribution in [1.29, 1.82) is 0 Å². The Bertz CT molecular complexity index is 2470. The van der Waals surface area contributed by atoms with E-state index in [0.29, 0.717) is 0 Å². The third-order valence-corrected chi connectivity index (χ3v) is 10.2. The van der Waals surface area contributed by atoms with Gasteiger partial charge in [0.2, 0.25) is 0 Å². The lowest BCUT2D eigenvalue weighted by atomic mass is 9.70. The average Bonchev–Trinajstić information content (AvgIpc) is 3.18. The summed E-state index contributed by atoms with van der Waals surface area (Å²) >= 11 is 0. The molecule has 2 unspecified atom stereocenters. The van der Waals surface area contributed by atoms with Gasteiger partial charge in [0.05, 0.1) is 11.4 Å². The predicted octanol–water partition coefficient (Wildman–Crippen LogP) is 12.4. The van der Waals surface area contributed by atoms with Crippen molar-refractivity contribution < 1.29 is 0 Å². The van der Waals surface area contributed by atoms with Crippen molar-refractivity contribution in [2.24, 2.45) is 0 Å². The Labute approximate surface area is 287 Å². The first kappa shape index (κ1) is 29.1. The van der Waals surface area contributed by atoms with Crippen LogP contribution in [0.2, 0.25) is 0 Å². The third-order valence-electron chi connectivity index (χ3n) is 10.2. The van der Waals surface area contributed by atoms with E-state index in [1.54, 1.807) is 0 Å². The zero-order valence-corrected chi connectivity index (χ0v) is 27.3. The van der Waals surface area contributed by atoms with Crippen LogP contribution in [0.4, 0.5) is 0 Å². The van der Waals surface area contributed by atoms with Crippen molar-refractivity contribution in [2.75, 3.05) is 0 Å². The summed E-state index contributed by atoms with van der Waals surface area (Å²) < 4.78 is 0. The number of fused-ring (bicyclic) bond motifs is 3. The van der Waals surface area contributed by atoms with Crippen LogP contribution in [-0.2, 0) is 0 Å². The van der Waals surface area contributed by atoms with E-state index in [1.807, 2.05) is 36.7 Å². The van der Waals surface area contributed by atoms with Gasteiger partial charge in [-0.25, -0.2) is 0 Å². The van der Waals surface area contributed by atoms with Gasteiger partial charge in [0, 0.05) is 29.4 Å². The smallest absolute Gasteiger partial charge is 0.0701 e. The van der Waals surface area contributed by atoms with E-state index >= 15 is 0 Å². The van der Waals surface area contributed by atoms with E-state index < -0.39 is 0 Å². The molecule has 6 aromatic carbocycles. The SMILES string of the molecule is CC1c2c(c(-c3ccc(-c4ccccn4)cc3)c3ccccc3c2-c2ccc(-c3ccccn3)cc2)C=CC1c1cccc2ccccc12. The number of benzene rings is 6. The lowest BCUT2D eigenvalue weighted by molar-refractivity contribution is 0.676. The predicted molar refractivity (Wildman–Crippen MR) is 205 cm³/mol. The fraction of sp³-hybridized carbons (Fsp3) is 0.0638. The molecule has 49 heavy (non-hydrogen) atoms. The van der Waals surface area contributed by atoms with Crippen LogP contribution in [0.3, 0.4) is 0 Å². The minimum atomic E-state index is 0.227. The highest BCUT2D eigenvalue weighted by molar-refractivity contribution is 6.10. The first-order valence-corrected chi connectivity index (χ1v) is 17.0. The zero-order valence-electron chi connectivity index (χ0n) is 27.3. The van der Waals surface area contributed by atoms with Crippen LogP contribution in [0.5, 0.6) is 0 Å². The lowest BCUT2D eigenvalue weighted by Gasteiger charge is -2.33. The van der Waals surface area contributed by atoms with Gasteiger partial charge < -0.3 is 0 Å². The fourth-order valence-corrected chi connectivity index (χ4v) is 7.89. The van der Waals surface area contributed by atoms with E-state index in [4.69, 9.17) is 0 Å². The van der Waals surface area contributed by atoms with Gasteiger partial charge in [0.15, 0.2) is 0 Å². The molecule has 0 saturated heterocycles. The first-order valence-electron chi connectivity index (χ1n) is 17.0. The van der Waals surface area contributed by atoms with Crippen LogP contribution in [0.1, 0.15) is 35.4 Å². The van der Waals surface area contributed by atoms with E-state index in [-0.39, 0.29) is 11.8 Å². The van der Waals surface area contributed by atoms with Gasteiger partial charge in [-0.1, -0.05) is 146 Å². The zero-order chi connectivity index (χ0) is 32.7. The molecule has 0 saturated carbocycles. The summed E-state index contributed by atoms with van der Waals surface area (Å²) in [5.41, 5.74) is 13.3. The normalized spacial score (nSPS) is 15.4. The van der Waals surface area contributed by atoms with Crippen molar-refractivity contribution in [1.82, 2.24) is 9.97 Å². The molecule has 0 radical (unpaired) electrons. The molecule has 2 atom stereocenters. The van der Waals surface area contributed by atoms with Gasteiger partial charge in [-0.15, -0.1) is 0 Å².